The van der Waals surface area contributed by atoms with Gasteiger partial charge in [-0.2, -0.15) is 0 Å². The molecule has 7 heteroatoms. The Labute approximate surface area is 166 Å². The second-order valence-electron chi connectivity index (χ2n) is 7.02. The highest BCUT2D eigenvalue weighted by atomic mass is 16.7. The van der Waals surface area contributed by atoms with Gasteiger partial charge in [0.2, 0.25) is 6.79 Å². The van der Waals surface area contributed by atoms with Crippen molar-refractivity contribution in [2.45, 2.75) is 18.5 Å². The fourth-order valence-electron chi connectivity index (χ4n) is 3.99. The first kappa shape index (κ1) is 17.5. The molecule has 3 heterocycles. The van der Waals surface area contributed by atoms with Crippen molar-refractivity contribution in [1.29, 1.82) is 0 Å². The number of rotatable bonds is 4. The van der Waals surface area contributed by atoms with Crippen molar-refractivity contribution < 1.29 is 24.1 Å². The van der Waals surface area contributed by atoms with Gasteiger partial charge >= 0.3 is 5.97 Å². The fourth-order valence-corrected chi connectivity index (χ4v) is 3.99. The summed E-state index contributed by atoms with van der Waals surface area (Å²) in [4.78, 5) is 15.3. The van der Waals surface area contributed by atoms with Crippen LogP contribution in [-0.4, -0.2) is 35.5 Å². The molecule has 29 heavy (non-hydrogen) atoms. The number of aromatic nitrogens is 1. The minimum atomic E-state index is -0.893. The molecule has 3 N–H and O–H groups in total. The van der Waals surface area contributed by atoms with Gasteiger partial charge in [0.05, 0.1) is 6.04 Å². The standard InChI is InChI=1S/C22H18N2O5/c1-2-7-27-13-4-5-16-14(9-13)15-10-17(22(25)26)24-20(21(15)23-16)12-3-6-18-19(8-12)29-11-28-18/h1,3-6,8-9,17,20,23-24H,7,10-11H2,(H,25,26)/t17-,20+/m0/s1. The van der Waals surface area contributed by atoms with E-state index in [2.05, 4.69) is 16.2 Å². The Morgan fingerprint density at radius 1 is 1.24 bits per heavy atom. The van der Waals surface area contributed by atoms with Crippen LogP contribution in [-0.2, 0) is 11.2 Å². The number of H-pyrrole nitrogens is 1. The lowest BCUT2D eigenvalue weighted by Gasteiger charge is -2.29. The quantitative estimate of drug-likeness (QED) is 0.593. The van der Waals surface area contributed by atoms with E-state index in [9.17, 15) is 9.90 Å². The normalized spacial score (nSPS) is 19.6. The highest BCUT2D eigenvalue weighted by Gasteiger charge is 2.34. The number of carbonyl (C=O) groups is 1. The van der Waals surface area contributed by atoms with Crippen molar-refractivity contribution in [3.63, 3.8) is 0 Å². The second kappa shape index (κ2) is 6.76. The van der Waals surface area contributed by atoms with E-state index in [0.717, 1.165) is 27.7 Å². The maximum atomic E-state index is 11.8. The molecule has 0 saturated carbocycles. The Hall–Kier alpha value is -3.63. The molecule has 0 saturated heterocycles. The molecule has 7 nitrogen and oxygen atoms in total. The Morgan fingerprint density at radius 2 is 2.10 bits per heavy atom. The van der Waals surface area contributed by atoms with Gasteiger partial charge in [-0.3, -0.25) is 10.1 Å². The molecular formula is C22H18N2O5. The zero-order chi connectivity index (χ0) is 20.0. The average molecular weight is 390 g/mol. The number of benzene rings is 2. The number of nitrogens with one attached hydrogen (secondary N) is 2. The van der Waals surface area contributed by atoms with Gasteiger partial charge in [-0.25, -0.2) is 0 Å². The zero-order valence-corrected chi connectivity index (χ0v) is 15.4. The third-order valence-corrected chi connectivity index (χ3v) is 5.33. The van der Waals surface area contributed by atoms with Crippen LogP contribution in [0, 0.1) is 12.3 Å². The van der Waals surface area contributed by atoms with Gasteiger partial charge in [0.25, 0.3) is 0 Å². The zero-order valence-electron chi connectivity index (χ0n) is 15.4. The summed E-state index contributed by atoms with van der Waals surface area (Å²) >= 11 is 0. The summed E-state index contributed by atoms with van der Waals surface area (Å²) < 4.78 is 16.4. The fraction of sp³-hybridized carbons (Fsp3) is 0.227. The molecule has 0 bridgehead atoms. The first-order valence-corrected chi connectivity index (χ1v) is 9.23. The topological polar surface area (TPSA) is 92.8 Å². The number of aliphatic carboxylic acids is 1. The molecule has 0 unspecified atom stereocenters. The Balaban J connectivity index is 1.62. The molecule has 1 aromatic heterocycles. The number of terminal acetylenes is 1. The van der Waals surface area contributed by atoms with Crippen molar-refractivity contribution in [2.24, 2.45) is 0 Å². The van der Waals surface area contributed by atoms with Crippen LogP contribution in [0.1, 0.15) is 22.9 Å². The van der Waals surface area contributed by atoms with Gasteiger partial charge in [-0.15, -0.1) is 6.42 Å². The minimum absolute atomic E-state index is 0.178. The highest BCUT2D eigenvalue weighted by molar-refractivity contribution is 5.88. The van der Waals surface area contributed by atoms with Gasteiger partial charge in [-0.1, -0.05) is 12.0 Å². The summed E-state index contributed by atoms with van der Waals surface area (Å²) in [5, 5.41) is 13.9. The van der Waals surface area contributed by atoms with E-state index < -0.39 is 12.0 Å². The Kier molecular flexibility index (Phi) is 4.07. The number of ether oxygens (including phenoxy) is 3. The maximum absolute atomic E-state index is 11.8. The molecule has 5 rings (SSSR count). The third-order valence-electron chi connectivity index (χ3n) is 5.33. The van der Waals surface area contributed by atoms with Gasteiger partial charge in [-0.05, 0) is 41.5 Å². The van der Waals surface area contributed by atoms with Crippen molar-refractivity contribution in [1.82, 2.24) is 10.3 Å². The van der Waals surface area contributed by atoms with E-state index in [4.69, 9.17) is 20.6 Å². The van der Waals surface area contributed by atoms with E-state index in [1.807, 2.05) is 36.4 Å². The number of fused-ring (bicyclic) bond motifs is 4. The number of hydrogen-bond donors (Lipinski definition) is 3. The van der Waals surface area contributed by atoms with Crippen molar-refractivity contribution in [2.75, 3.05) is 13.4 Å². The van der Waals surface area contributed by atoms with Crippen molar-refractivity contribution in [3.05, 3.63) is 53.2 Å². The minimum Gasteiger partial charge on any atom is -0.481 e. The van der Waals surface area contributed by atoms with E-state index in [0.29, 0.717) is 23.7 Å². The summed E-state index contributed by atoms with van der Waals surface area (Å²) in [5.74, 6) is 3.56. The average Bonchev–Trinajstić information content (AvgIpc) is 3.34. The van der Waals surface area contributed by atoms with Gasteiger partial charge < -0.3 is 24.3 Å². The molecule has 0 spiro atoms. The Bertz CT molecular complexity index is 1160. The lowest BCUT2D eigenvalue weighted by molar-refractivity contribution is -0.139. The summed E-state index contributed by atoms with van der Waals surface area (Å²) in [6, 6.07) is 10.3. The molecule has 3 aromatic rings. The van der Waals surface area contributed by atoms with Crippen LogP contribution in [0.25, 0.3) is 10.9 Å². The third kappa shape index (κ3) is 2.94. The van der Waals surface area contributed by atoms with Crippen LogP contribution in [0.3, 0.4) is 0 Å². The number of aromatic amines is 1. The monoisotopic (exact) mass is 390 g/mol. The second-order valence-corrected chi connectivity index (χ2v) is 7.02. The van der Waals surface area contributed by atoms with Crippen LogP contribution in [0.15, 0.2) is 36.4 Å². The summed E-state index contributed by atoms with van der Waals surface area (Å²) in [6.07, 6.45) is 5.64. The van der Waals surface area contributed by atoms with E-state index in [1.54, 1.807) is 0 Å². The largest absolute Gasteiger partial charge is 0.481 e. The van der Waals surface area contributed by atoms with E-state index in [-0.39, 0.29) is 19.4 Å². The molecule has 0 fully saturated rings. The van der Waals surface area contributed by atoms with Crippen molar-refractivity contribution >= 4 is 16.9 Å². The summed E-state index contributed by atoms with van der Waals surface area (Å²) in [7, 11) is 0. The number of carboxylic acid groups (broad SMARTS) is 1. The molecule has 2 aliphatic rings. The molecule has 0 amide bonds. The molecular weight excluding hydrogens is 372 g/mol. The van der Waals surface area contributed by atoms with Crippen LogP contribution < -0.4 is 19.5 Å². The first-order valence-electron chi connectivity index (χ1n) is 9.23. The van der Waals surface area contributed by atoms with Crippen LogP contribution in [0.2, 0.25) is 0 Å². The van der Waals surface area contributed by atoms with Gasteiger partial charge in [0.1, 0.15) is 18.4 Å². The smallest absolute Gasteiger partial charge is 0.321 e. The predicted molar refractivity (Wildman–Crippen MR) is 105 cm³/mol. The summed E-state index contributed by atoms with van der Waals surface area (Å²) in [5.41, 5.74) is 3.71. The molecule has 2 atom stereocenters. The molecule has 2 aliphatic heterocycles. The van der Waals surface area contributed by atoms with Crippen LogP contribution in [0.5, 0.6) is 17.2 Å². The van der Waals surface area contributed by atoms with E-state index >= 15 is 0 Å². The number of hydrogen-bond acceptors (Lipinski definition) is 5. The number of carboxylic acids is 1. The predicted octanol–water partition coefficient (Wildman–Crippen LogP) is 2.60. The lowest BCUT2D eigenvalue weighted by Crippen LogP contribution is -2.44. The first-order chi connectivity index (χ1) is 14.1. The van der Waals surface area contributed by atoms with Crippen LogP contribution in [0.4, 0.5) is 0 Å². The Morgan fingerprint density at radius 3 is 2.93 bits per heavy atom. The van der Waals surface area contributed by atoms with Gasteiger partial charge in [0.15, 0.2) is 11.5 Å². The molecule has 146 valence electrons. The highest BCUT2D eigenvalue weighted by Crippen LogP contribution is 2.40. The molecule has 2 aromatic carbocycles. The van der Waals surface area contributed by atoms with E-state index in [1.165, 1.54) is 0 Å². The maximum Gasteiger partial charge on any atom is 0.321 e. The SMILES string of the molecule is C#CCOc1ccc2[nH]c3c(c2c1)C[C@@H](C(=O)O)N[C@@H]3c1ccc2c(c1)OCO2. The van der Waals surface area contributed by atoms with Crippen LogP contribution >= 0.6 is 0 Å². The summed E-state index contributed by atoms with van der Waals surface area (Å²) in [6.45, 7) is 0.365. The van der Waals surface area contributed by atoms with Gasteiger partial charge in [0, 0.05) is 23.0 Å². The van der Waals surface area contributed by atoms with Crippen molar-refractivity contribution in [3.8, 4) is 29.6 Å². The molecule has 0 aliphatic carbocycles. The lowest BCUT2D eigenvalue weighted by atomic mass is 9.90. The molecule has 0 radical (unpaired) electrons.